The Bertz CT molecular complexity index is 570. The van der Waals surface area contributed by atoms with Gasteiger partial charge in [-0.2, -0.15) is 18.4 Å². The molecule has 1 aromatic rings. The highest BCUT2D eigenvalue weighted by Crippen LogP contribution is 2.39. The molecule has 1 aromatic carbocycles. The Labute approximate surface area is 132 Å². The van der Waals surface area contributed by atoms with Crippen molar-refractivity contribution in [1.29, 1.82) is 5.26 Å². The summed E-state index contributed by atoms with van der Waals surface area (Å²) in [5.74, 6) is -0.521. The third kappa shape index (κ3) is 5.59. The zero-order valence-electron chi connectivity index (χ0n) is 11.0. The lowest BCUT2D eigenvalue weighted by Crippen LogP contribution is -2.10. The molecular weight excluding hydrogens is 371 g/mol. The van der Waals surface area contributed by atoms with Crippen LogP contribution in [0.25, 0.3) is 0 Å². The molecule has 3 nitrogen and oxygen atoms in total. The van der Waals surface area contributed by atoms with Crippen molar-refractivity contribution >= 4 is 33.7 Å². The number of hydrogen-bond donors (Lipinski definition) is 0. The molecule has 0 unspecified atom stereocenters. The minimum Gasteiger partial charge on any atom is -0.466 e. The molecule has 0 amide bonds. The summed E-state index contributed by atoms with van der Waals surface area (Å²) in [6.07, 6.45) is -0.133. The highest BCUT2D eigenvalue weighted by molar-refractivity contribution is 9.08. The van der Waals surface area contributed by atoms with E-state index in [9.17, 15) is 18.0 Å². The minimum atomic E-state index is -4.50. The normalized spacial score (nSPS) is 11.0. The molecule has 114 valence electrons. The van der Waals surface area contributed by atoms with E-state index in [0.29, 0.717) is 16.5 Å². The van der Waals surface area contributed by atoms with Crippen molar-refractivity contribution in [2.24, 2.45) is 0 Å². The molecule has 0 aliphatic rings. The molecule has 21 heavy (non-hydrogen) atoms. The fourth-order valence-electron chi connectivity index (χ4n) is 1.62. The summed E-state index contributed by atoms with van der Waals surface area (Å²) in [6, 6.07) is 4.33. The van der Waals surface area contributed by atoms with Crippen LogP contribution in [0.2, 0.25) is 0 Å². The number of alkyl halides is 4. The third-order valence-corrected chi connectivity index (χ3v) is 3.83. The number of ether oxygens (including phenoxy) is 1. The first kappa shape index (κ1) is 17.9. The lowest BCUT2D eigenvalue weighted by Gasteiger charge is -2.13. The summed E-state index contributed by atoms with van der Waals surface area (Å²) in [7, 11) is 0. The topological polar surface area (TPSA) is 50.1 Å². The number of thioether (sulfide) groups is 1. The van der Waals surface area contributed by atoms with E-state index in [0.717, 1.165) is 0 Å². The minimum absolute atomic E-state index is 0.0700. The highest BCUT2D eigenvalue weighted by Gasteiger charge is 2.31. The molecule has 1 rings (SSSR count). The second-order valence-electron chi connectivity index (χ2n) is 3.89. The maximum absolute atomic E-state index is 12.5. The van der Waals surface area contributed by atoms with Gasteiger partial charge in [0.2, 0.25) is 0 Å². The van der Waals surface area contributed by atoms with Crippen LogP contribution in [-0.2, 0) is 21.3 Å². The average Bonchev–Trinajstić information content (AvgIpc) is 2.37. The predicted molar refractivity (Wildman–Crippen MR) is 76.0 cm³/mol. The smallest absolute Gasteiger partial charge is 0.446 e. The molecule has 0 saturated heterocycles. The van der Waals surface area contributed by atoms with Gasteiger partial charge in [-0.1, -0.05) is 15.9 Å². The molecule has 0 aromatic heterocycles. The summed E-state index contributed by atoms with van der Waals surface area (Å²) in [4.78, 5) is 11.3. The molecule has 0 atom stereocenters. The molecule has 8 heteroatoms. The maximum atomic E-state index is 12.5. The zero-order chi connectivity index (χ0) is 16.0. The van der Waals surface area contributed by atoms with Gasteiger partial charge < -0.3 is 4.74 Å². The zero-order valence-corrected chi connectivity index (χ0v) is 13.4. The van der Waals surface area contributed by atoms with Crippen LogP contribution in [0.5, 0.6) is 0 Å². The van der Waals surface area contributed by atoms with Crippen molar-refractivity contribution in [3.05, 3.63) is 28.8 Å². The Kier molecular flexibility index (Phi) is 6.55. The van der Waals surface area contributed by atoms with Gasteiger partial charge in [0.25, 0.3) is 0 Å². The van der Waals surface area contributed by atoms with Crippen molar-refractivity contribution in [3.8, 4) is 6.07 Å². The molecular formula is C13H11BrF3NO2S. The van der Waals surface area contributed by atoms with E-state index in [4.69, 9.17) is 10.00 Å². The number of esters is 1. The van der Waals surface area contributed by atoms with Crippen LogP contribution < -0.4 is 0 Å². The molecule has 0 spiro atoms. The van der Waals surface area contributed by atoms with Crippen LogP contribution in [0.1, 0.15) is 23.6 Å². The van der Waals surface area contributed by atoms with Crippen LogP contribution in [0, 0.1) is 11.3 Å². The lowest BCUT2D eigenvalue weighted by molar-refractivity contribution is -0.142. The average molecular weight is 382 g/mol. The van der Waals surface area contributed by atoms with Crippen LogP contribution in [-0.4, -0.2) is 18.1 Å². The number of carbonyl (C=O) groups excluding carboxylic acids is 1. The molecule has 0 N–H and O–H groups in total. The van der Waals surface area contributed by atoms with Gasteiger partial charge >= 0.3 is 11.5 Å². The fourth-order valence-corrected chi connectivity index (χ4v) is 2.81. The van der Waals surface area contributed by atoms with Gasteiger partial charge in [-0.3, -0.25) is 4.79 Å². The Balaban J connectivity index is 3.20. The summed E-state index contributed by atoms with van der Waals surface area (Å²) in [6.45, 7) is 1.84. The second kappa shape index (κ2) is 7.71. The van der Waals surface area contributed by atoms with Crippen LogP contribution in [0.3, 0.4) is 0 Å². The first-order valence-corrected chi connectivity index (χ1v) is 7.77. The molecule has 0 aliphatic carbocycles. The van der Waals surface area contributed by atoms with Gasteiger partial charge in [-0.25, -0.2) is 0 Å². The molecule has 0 fully saturated rings. The van der Waals surface area contributed by atoms with Crippen LogP contribution in [0.15, 0.2) is 17.0 Å². The van der Waals surface area contributed by atoms with Gasteiger partial charge in [-0.15, -0.1) is 0 Å². The number of benzene rings is 1. The fraction of sp³-hybridized carbons (Fsp3) is 0.385. The van der Waals surface area contributed by atoms with Crippen LogP contribution >= 0.6 is 27.7 Å². The van der Waals surface area contributed by atoms with Crippen molar-refractivity contribution in [2.45, 2.75) is 29.1 Å². The summed E-state index contributed by atoms with van der Waals surface area (Å²) < 4.78 is 42.3. The van der Waals surface area contributed by atoms with E-state index < -0.39 is 11.5 Å². The quantitative estimate of drug-likeness (QED) is 0.436. The number of carbonyl (C=O) groups is 1. The van der Waals surface area contributed by atoms with Gasteiger partial charge in [0, 0.05) is 10.2 Å². The van der Waals surface area contributed by atoms with E-state index in [1.165, 1.54) is 12.1 Å². The van der Waals surface area contributed by atoms with Crippen molar-refractivity contribution in [1.82, 2.24) is 0 Å². The number of hydrogen-bond acceptors (Lipinski definition) is 4. The summed E-state index contributed by atoms with van der Waals surface area (Å²) in [5.41, 5.74) is -3.57. The molecule has 0 saturated carbocycles. The lowest BCUT2D eigenvalue weighted by atomic mass is 10.0. The second-order valence-corrected chi connectivity index (χ2v) is 5.56. The first-order valence-electron chi connectivity index (χ1n) is 5.84. The van der Waals surface area contributed by atoms with Gasteiger partial charge in [0.1, 0.15) is 6.07 Å². The highest BCUT2D eigenvalue weighted by atomic mass is 79.9. The number of halogens is 4. The van der Waals surface area contributed by atoms with E-state index in [1.54, 1.807) is 13.0 Å². The predicted octanol–water partition coefficient (Wildman–Crippen LogP) is 4.17. The summed E-state index contributed by atoms with van der Waals surface area (Å²) >= 11 is 2.83. The standard InChI is InChI=1S/C13H11BrF3NO2S/c1-2-20-12(19)5-8-4-11(21-13(15,16)17)10(7-18)3-9(8)6-14/h3-4H,2,5-6H2,1H3. The van der Waals surface area contributed by atoms with Crippen LogP contribution in [0.4, 0.5) is 13.2 Å². The first-order chi connectivity index (χ1) is 9.80. The Morgan fingerprint density at radius 1 is 1.43 bits per heavy atom. The Morgan fingerprint density at radius 2 is 2.10 bits per heavy atom. The van der Waals surface area contributed by atoms with Gasteiger partial charge in [0.15, 0.2) is 0 Å². The van der Waals surface area contributed by atoms with Gasteiger partial charge in [0.05, 0.1) is 18.6 Å². The van der Waals surface area contributed by atoms with Crippen molar-refractivity contribution < 1.29 is 22.7 Å². The monoisotopic (exact) mass is 381 g/mol. The molecule has 0 bridgehead atoms. The van der Waals surface area contributed by atoms with Crippen molar-refractivity contribution in [2.75, 3.05) is 6.61 Å². The SMILES string of the molecule is CCOC(=O)Cc1cc(SC(F)(F)F)c(C#N)cc1CBr. The van der Waals surface area contributed by atoms with Crippen molar-refractivity contribution in [3.63, 3.8) is 0 Å². The maximum Gasteiger partial charge on any atom is 0.446 e. The largest absolute Gasteiger partial charge is 0.466 e. The Hall–Kier alpha value is -1.20. The molecule has 0 radical (unpaired) electrons. The summed E-state index contributed by atoms with van der Waals surface area (Å²) in [5, 5.41) is 9.28. The van der Waals surface area contributed by atoms with E-state index in [1.807, 2.05) is 0 Å². The van der Waals surface area contributed by atoms with E-state index in [-0.39, 0.29) is 35.2 Å². The van der Waals surface area contributed by atoms with Gasteiger partial charge in [-0.05, 0) is 41.9 Å². The number of rotatable bonds is 5. The number of nitriles is 1. The number of nitrogens with zero attached hydrogens (tertiary/aromatic N) is 1. The Morgan fingerprint density at radius 3 is 2.57 bits per heavy atom. The third-order valence-electron chi connectivity index (χ3n) is 2.43. The van der Waals surface area contributed by atoms with E-state index in [2.05, 4.69) is 15.9 Å². The molecule has 0 aliphatic heterocycles. The molecule has 0 heterocycles. The van der Waals surface area contributed by atoms with E-state index >= 15 is 0 Å².